The molecule has 1 heterocycles. The third kappa shape index (κ3) is 4.68. The third-order valence-corrected chi connectivity index (χ3v) is 7.01. The lowest BCUT2D eigenvalue weighted by Crippen LogP contribution is -2.50. The fourth-order valence-corrected chi connectivity index (χ4v) is 5.02. The summed E-state index contributed by atoms with van der Waals surface area (Å²) >= 11 is 3.29. The van der Waals surface area contributed by atoms with Crippen LogP contribution in [0.25, 0.3) is 5.57 Å². The first-order valence-electron chi connectivity index (χ1n) is 8.76. The number of carbonyl (C=O) groups excluding carboxylic acids is 1. The molecule has 0 spiro atoms. The van der Waals surface area contributed by atoms with Gasteiger partial charge in [-0.3, -0.25) is 4.79 Å². The number of hydrogen-bond donors (Lipinski definition) is 0. The maximum Gasteiger partial charge on any atom is 0.246 e. The number of carbonyl (C=O) groups is 1. The first kappa shape index (κ1) is 20.7. The van der Waals surface area contributed by atoms with Crippen molar-refractivity contribution < 1.29 is 17.6 Å². The van der Waals surface area contributed by atoms with Gasteiger partial charge in [-0.1, -0.05) is 34.1 Å². The van der Waals surface area contributed by atoms with E-state index >= 15 is 0 Å². The van der Waals surface area contributed by atoms with Crippen LogP contribution >= 0.6 is 15.9 Å². The number of allylic oxidation sites excluding steroid dienone is 1. The molecule has 2 aromatic carbocycles. The minimum Gasteiger partial charge on any atom is -0.337 e. The molecular weight excluding hydrogens is 447 g/mol. The SMILES string of the molecule is C/C(=C\C(=O)N1CCN(S(=O)(=O)c2cccc(Br)c2)CC1)c1ccc(F)cc1. The maximum absolute atomic E-state index is 13.0. The van der Waals surface area contributed by atoms with E-state index < -0.39 is 10.0 Å². The Kier molecular flexibility index (Phi) is 6.32. The second-order valence-electron chi connectivity index (χ2n) is 6.52. The van der Waals surface area contributed by atoms with Gasteiger partial charge in [0, 0.05) is 36.7 Å². The van der Waals surface area contributed by atoms with Crippen LogP contribution in [-0.2, 0) is 14.8 Å². The Bertz CT molecular complexity index is 998. The Morgan fingerprint density at radius 3 is 2.32 bits per heavy atom. The van der Waals surface area contributed by atoms with Crippen LogP contribution in [0.4, 0.5) is 4.39 Å². The number of sulfonamides is 1. The molecule has 1 aliphatic rings. The number of halogens is 2. The molecule has 0 aromatic heterocycles. The van der Waals surface area contributed by atoms with Crippen molar-refractivity contribution >= 4 is 37.4 Å². The van der Waals surface area contributed by atoms with Crippen LogP contribution in [0.1, 0.15) is 12.5 Å². The van der Waals surface area contributed by atoms with Gasteiger partial charge in [0.15, 0.2) is 0 Å². The quantitative estimate of drug-likeness (QED) is 0.647. The van der Waals surface area contributed by atoms with E-state index in [2.05, 4.69) is 15.9 Å². The summed E-state index contributed by atoms with van der Waals surface area (Å²) in [6.07, 6.45) is 1.51. The molecule has 1 fully saturated rings. The zero-order valence-electron chi connectivity index (χ0n) is 15.3. The Morgan fingerprint density at radius 1 is 1.07 bits per heavy atom. The molecule has 1 amide bonds. The molecule has 0 atom stereocenters. The summed E-state index contributed by atoms with van der Waals surface area (Å²) in [6, 6.07) is 12.5. The van der Waals surface area contributed by atoms with E-state index in [-0.39, 0.29) is 29.7 Å². The van der Waals surface area contributed by atoms with Crippen LogP contribution in [0.5, 0.6) is 0 Å². The van der Waals surface area contributed by atoms with Crippen molar-refractivity contribution in [1.82, 2.24) is 9.21 Å². The molecule has 5 nitrogen and oxygen atoms in total. The number of benzene rings is 2. The molecule has 1 aliphatic heterocycles. The third-order valence-electron chi connectivity index (χ3n) is 4.62. The minimum atomic E-state index is -3.59. The average molecular weight is 467 g/mol. The van der Waals surface area contributed by atoms with Crippen molar-refractivity contribution in [1.29, 1.82) is 0 Å². The van der Waals surface area contributed by atoms with E-state index in [1.165, 1.54) is 22.5 Å². The van der Waals surface area contributed by atoms with Crippen LogP contribution in [0.15, 0.2) is 64.0 Å². The first-order chi connectivity index (χ1) is 13.3. The average Bonchev–Trinajstić information content (AvgIpc) is 2.68. The fourth-order valence-electron chi connectivity index (χ4n) is 3.00. The van der Waals surface area contributed by atoms with Crippen LogP contribution in [0, 0.1) is 5.82 Å². The summed E-state index contributed by atoms with van der Waals surface area (Å²) < 4.78 is 40.7. The highest BCUT2D eigenvalue weighted by molar-refractivity contribution is 9.10. The van der Waals surface area contributed by atoms with E-state index in [4.69, 9.17) is 0 Å². The zero-order chi connectivity index (χ0) is 20.3. The topological polar surface area (TPSA) is 57.7 Å². The predicted octanol–water partition coefficient (Wildman–Crippen LogP) is 3.52. The van der Waals surface area contributed by atoms with Crippen molar-refractivity contribution in [2.24, 2.45) is 0 Å². The maximum atomic E-state index is 13.0. The van der Waals surface area contributed by atoms with Gasteiger partial charge in [0.1, 0.15) is 5.82 Å². The summed E-state index contributed by atoms with van der Waals surface area (Å²) in [6.45, 7) is 2.91. The lowest BCUT2D eigenvalue weighted by molar-refractivity contribution is -0.127. The molecule has 2 aromatic rings. The Hall–Kier alpha value is -2.03. The minimum absolute atomic E-state index is 0.179. The summed E-state index contributed by atoms with van der Waals surface area (Å²) in [5.74, 6) is -0.507. The second-order valence-corrected chi connectivity index (χ2v) is 9.37. The van der Waals surface area contributed by atoms with Crippen LogP contribution < -0.4 is 0 Å². The van der Waals surface area contributed by atoms with Crippen LogP contribution in [0.3, 0.4) is 0 Å². The van der Waals surface area contributed by atoms with Crippen molar-refractivity contribution in [3.63, 3.8) is 0 Å². The van der Waals surface area contributed by atoms with Gasteiger partial charge in [0.25, 0.3) is 0 Å². The number of piperazine rings is 1. The Morgan fingerprint density at radius 2 is 1.71 bits per heavy atom. The Labute approximate surface area is 172 Å². The molecule has 0 saturated carbocycles. The summed E-state index contributed by atoms with van der Waals surface area (Å²) in [5, 5.41) is 0. The van der Waals surface area contributed by atoms with Gasteiger partial charge in [-0.25, -0.2) is 12.8 Å². The smallest absolute Gasteiger partial charge is 0.246 e. The van der Waals surface area contributed by atoms with Gasteiger partial charge in [-0.15, -0.1) is 0 Å². The van der Waals surface area contributed by atoms with E-state index in [1.807, 2.05) is 0 Å². The van der Waals surface area contributed by atoms with E-state index in [9.17, 15) is 17.6 Å². The molecule has 148 valence electrons. The van der Waals surface area contributed by atoms with E-state index in [0.717, 1.165) is 11.1 Å². The Balaban J connectivity index is 1.65. The van der Waals surface area contributed by atoms with Gasteiger partial charge in [0.05, 0.1) is 4.90 Å². The molecule has 0 bridgehead atoms. The predicted molar refractivity (Wildman–Crippen MR) is 110 cm³/mol. The zero-order valence-corrected chi connectivity index (χ0v) is 17.7. The number of rotatable bonds is 4. The standard InChI is InChI=1S/C20H20BrFN2O3S/c1-15(16-5-7-18(22)8-6-16)13-20(25)23-9-11-24(12-10-23)28(26,27)19-4-2-3-17(21)14-19/h2-8,13-14H,9-12H2,1H3/b15-13+. The molecule has 8 heteroatoms. The first-order valence-corrected chi connectivity index (χ1v) is 11.0. The van der Waals surface area contributed by atoms with Gasteiger partial charge in [0.2, 0.25) is 15.9 Å². The largest absolute Gasteiger partial charge is 0.337 e. The van der Waals surface area contributed by atoms with Crippen LogP contribution in [-0.4, -0.2) is 49.7 Å². The highest BCUT2D eigenvalue weighted by Crippen LogP contribution is 2.21. The number of hydrogen-bond acceptors (Lipinski definition) is 3. The van der Waals surface area contributed by atoms with Crippen molar-refractivity contribution in [3.8, 4) is 0 Å². The van der Waals surface area contributed by atoms with Gasteiger partial charge < -0.3 is 4.90 Å². The monoisotopic (exact) mass is 466 g/mol. The molecule has 0 unspecified atom stereocenters. The lowest BCUT2D eigenvalue weighted by atomic mass is 10.1. The summed E-state index contributed by atoms with van der Waals surface area (Å²) in [4.78, 5) is 14.4. The normalized spacial score (nSPS) is 16.2. The molecule has 3 rings (SSSR count). The molecule has 28 heavy (non-hydrogen) atoms. The lowest BCUT2D eigenvalue weighted by Gasteiger charge is -2.33. The number of amides is 1. The molecule has 0 radical (unpaired) electrons. The summed E-state index contributed by atoms with van der Waals surface area (Å²) in [7, 11) is -3.59. The van der Waals surface area contributed by atoms with Crippen LogP contribution in [0.2, 0.25) is 0 Å². The van der Waals surface area contributed by atoms with E-state index in [1.54, 1.807) is 48.2 Å². The second kappa shape index (κ2) is 8.55. The number of nitrogens with zero attached hydrogens (tertiary/aromatic N) is 2. The van der Waals surface area contributed by atoms with Gasteiger partial charge >= 0.3 is 0 Å². The summed E-state index contributed by atoms with van der Waals surface area (Å²) in [5.41, 5.74) is 1.50. The molecule has 0 N–H and O–H groups in total. The van der Waals surface area contributed by atoms with Gasteiger partial charge in [-0.05, 0) is 48.4 Å². The highest BCUT2D eigenvalue weighted by Gasteiger charge is 2.29. The van der Waals surface area contributed by atoms with Crippen molar-refractivity contribution in [3.05, 3.63) is 70.5 Å². The fraction of sp³-hybridized carbons (Fsp3) is 0.250. The molecule has 1 saturated heterocycles. The highest BCUT2D eigenvalue weighted by atomic mass is 79.9. The molecular formula is C20H20BrFN2O3S. The van der Waals surface area contributed by atoms with E-state index in [0.29, 0.717) is 17.6 Å². The van der Waals surface area contributed by atoms with Crippen molar-refractivity contribution in [2.45, 2.75) is 11.8 Å². The molecule has 0 aliphatic carbocycles. The van der Waals surface area contributed by atoms with Gasteiger partial charge in [-0.2, -0.15) is 4.31 Å². The van der Waals surface area contributed by atoms with Crippen molar-refractivity contribution in [2.75, 3.05) is 26.2 Å².